The minimum atomic E-state index is -0.188. The topological polar surface area (TPSA) is 53.1 Å². The fourth-order valence-electron chi connectivity index (χ4n) is 2.54. The molecule has 0 spiro atoms. The Kier molecular flexibility index (Phi) is 15.1. The van der Waals surface area contributed by atoms with E-state index < -0.39 is 0 Å². The van der Waals surface area contributed by atoms with Gasteiger partial charge in [-0.2, -0.15) is 0 Å². The molecule has 1 heterocycles. The van der Waals surface area contributed by atoms with Gasteiger partial charge in [0.05, 0.1) is 4.88 Å². The van der Waals surface area contributed by atoms with Crippen LogP contribution in [0.2, 0.25) is 0 Å². The maximum atomic E-state index is 11.1. The summed E-state index contributed by atoms with van der Waals surface area (Å²) in [4.78, 5) is 14.0. The molecule has 0 unspecified atom stereocenters. The number of hydrogen-bond acceptors (Lipinski definition) is 3. The highest BCUT2D eigenvalue weighted by Gasteiger charge is 2.04. The van der Waals surface area contributed by atoms with Crippen LogP contribution < -0.4 is 4.87 Å². The number of aromatic hydroxyl groups is 1. The van der Waals surface area contributed by atoms with E-state index in [2.05, 4.69) is 84.8 Å². The van der Waals surface area contributed by atoms with Crippen LogP contribution in [-0.4, -0.2) is 10.1 Å². The second-order valence-electron chi connectivity index (χ2n) is 6.59. The summed E-state index contributed by atoms with van der Waals surface area (Å²) >= 11 is 1.09. The van der Waals surface area contributed by atoms with E-state index >= 15 is 0 Å². The van der Waals surface area contributed by atoms with E-state index in [4.69, 9.17) is 0 Å². The van der Waals surface area contributed by atoms with Crippen molar-refractivity contribution in [1.29, 1.82) is 0 Å². The zero-order valence-corrected chi connectivity index (χ0v) is 18.4. The van der Waals surface area contributed by atoms with E-state index in [9.17, 15) is 9.90 Å². The predicted octanol–water partition coefficient (Wildman–Crippen LogP) is 7.16. The Bertz CT molecular complexity index is 760. The molecule has 158 valence electrons. The first-order valence-electron chi connectivity index (χ1n) is 10.5. The third-order valence-corrected chi connectivity index (χ3v) is 5.00. The SMILES string of the molecule is CCC=CCC=CCC=CCC=CCC=CCC=CCCCc1sc(=O)[nH]c1O. The molecule has 1 aromatic heterocycles. The lowest BCUT2D eigenvalue weighted by Gasteiger charge is -1.94. The Morgan fingerprint density at radius 2 is 1.21 bits per heavy atom. The molecule has 0 aromatic carbocycles. The second kappa shape index (κ2) is 17.7. The molecule has 0 saturated heterocycles. The highest BCUT2D eigenvalue weighted by atomic mass is 32.1. The van der Waals surface area contributed by atoms with Crippen LogP contribution in [-0.2, 0) is 6.42 Å². The maximum absolute atomic E-state index is 11.1. The summed E-state index contributed by atoms with van der Waals surface area (Å²) in [6.45, 7) is 2.15. The monoisotopic (exact) mass is 413 g/mol. The molecule has 4 heteroatoms. The van der Waals surface area contributed by atoms with Crippen LogP contribution in [0.5, 0.6) is 5.88 Å². The largest absolute Gasteiger partial charge is 0.494 e. The van der Waals surface area contributed by atoms with Crippen molar-refractivity contribution in [3.63, 3.8) is 0 Å². The Labute approximate surface area is 179 Å². The summed E-state index contributed by atoms with van der Waals surface area (Å²) < 4.78 is 0. The molecule has 0 aliphatic carbocycles. The molecule has 0 radical (unpaired) electrons. The van der Waals surface area contributed by atoms with Crippen molar-refractivity contribution in [2.75, 3.05) is 0 Å². The molecule has 0 aliphatic heterocycles. The van der Waals surface area contributed by atoms with Gasteiger partial charge in [0, 0.05) is 0 Å². The Balaban J connectivity index is 1.98. The van der Waals surface area contributed by atoms with Crippen molar-refractivity contribution in [1.82, 2.24) is 4.98 Å². The molecule has 3 nitrogen and oxygen atoms in total. The molecular weight excluding hydrogens is 378 g/mol. The Hall–Kier alpha value is -2.33. The summed E-state index contributed by atoms with van der Waals surface area (Å²) in [5.41, 5.74) is 0. The summed E-state index contributed by atoms with van der Waals surface area (Å²) in [5.74, 6) is 0.0303. The van der Waals surface area contributed by atoms with Gasteiger partial charge in [0.25, 0.3) is 0 Å². The molecule has 0 aliphatic rings. The van der Waals surface area contributed by atoms with Crippen LogP contribution in [0.1, 0.15) is 63.2 Å². The first-order chi connectivity index (χ1) is 14.2. The van der Waals surface area contributed by atoms with Crippen molar-refractivity contribution in [2.24, 2.45) is 0 Å². The van der Waals surface area contributed by atoms with Gasteiger partial charge in [-0.3, -0.25) is 9.78 Å². The normalized spacial score (nSPS) is 13.0. The second-order valence-corrected chi connectivity index (χ2v) is 7.66. The highest BCUT2D eigenvalue weighted by Crippen LogP contribution is 2.18. The van der Waals surface area contributed by atoms with E-state index in [1.165, 1.54) is 0 Å². The fourth-order valence-corrected chi connectivity index (χ4v) is 3.31. The summed E-state index contributed by atoms with van der Waals surface area (Å²) in [5, 5.41) is 9.50. The van der Waals surface area contributed by atoms with Crippen LogP contribution in [0.3, 0.4) is 0 Å². The van der Waals surface area contributed by atoms with E-state index in [1.54, 1.807) is 0 Å². The summed E-state index contributed by atoms with van der Waals surface area (Å²) in [7, 11) is 0. The van der Waals surface area contributed by atoms with E-state index in [0.717, 1.165) is 74.0 Å². The lowest BCUT2D eigenvalue weighted by molar-refractivity contribution is 0.449. The van der Waals surface area contributed by atoms with Crippen LogP contribution in [0, 0.1) is 0 Å². The average molecular weight is 414 g/mol. The molecule has 0 amide bonds. The number of unbranched alkanes of at least 4 members (excludes halogenated alkanes) is 1. The predicted molar refractivity (Wildman–Crippen MR) is 128 cm³/mol. The molecule has 0 bridgehead atoms. The number of nitrogens with one attached hydrogen (secondary N) is 1. The molecular formula is C25H35NO2S. The number of aromatic amines is 1. The van der Waals surface area contributed by atoms with Gasteiger partial charge < -0.3 is 5.11 Å². The fraction of sp³-hybridized carbons (Fsp3) is 0.400. The quantitative estimate of drug-likeness (QED) is 0.237. The van der Waals surface area contributed by atoms with Crippen molar-refractivity contribution in [2.45, 2.75) is 64.7 Å². The number of H-pyrrole nitrogens is 1. The van der Waals surface area contributed by atoms with Crippen LogP contribution in [0.25, 0.3) is 0 Å². The van der Waals surface area contributed by atoms with E-state index in [1.807, 2.05) is 0 Å². The number of aromatic nitrogens is 1. The Morgan fingerprint density at radius 1 is 0.759 bits per heavy atom. The van der Waals surface area contributed by atoms with Crippen LogP contribution in [0.4, 0.5) is 0 Å². The van der Waals surface area contributed by atoms with Crippen molar-refractivity contribution < 1.29 is 5.11 Å². The van der Waals surface area contributed by atoms with Crippen molar-refractivity contribution >= 4 is 11.3 Å². The standard InChI is InChI=1S/C25H35NO2S/c1-2-3-4-5-6-7-8-9-10-11-12-13-14-15-16-17-18-19-20-21-22-23-24(27)26-25(28)29-23/h3-4,6-7,9-10,12-13,15-16,18-19,27H,2,5,8,11,14,17,20-22H2,1H3,(H,26,28). The zero-order chi connectivity index (χ0) is 21.0. The van der Waals surface area contributed by atoms with Crippen molar-refractivity contribution in [3.8, 4) is 5.88 Å². The van der Waals surface area contributed by atoms with E-state index in [-0.39, 0.29) is 10.8 Å². The van der Waals surface area contributed by atoms with Gasteiger partial charge >= 0.3 is 4.87 Å². The van der Waals surface area contributed by atoms with E-state index in [0.29, 0.717) is 0 Å². The number of allylic oxidation sites excluding steroid dienone is 12. The van der Waals surface area contributed by atoms with Gasteiger partial charge in [-0.1, -0.05) is 91.2 Å². The van der Waals surface area contributed by atoms with Crippen molar-refractivity contribution in [3.05, 3.63) is 87.5 Å². The van der Waals surface area contributed by atoms with Crippen LogP contribution in [0.15, 0.2) is 77.7 Å². The number of aryl methyl sites for hydroxylation is 1. The highest BCUT2D eigenvalue weighted by molar-refractivity contribution is 7.09. The number of hydrogen-bond donors (Lipinski definition) is 2. The smallest absolute Gasteiger partial charge is 0.307 e. The maximum Gasteiger partial charge on any atom is 0.307 e. The molecule has 0 atom stereocenters. The molecule has 1 rings (SSSR count). The average Bonchev–Trinajstić information content (AvgIpc) is 3.03. The summed E-state index contributed by atoms with van der Waals surface area (Å²) in [6, 6.07) is 0. The molecule has 1 aromatic rings. The lowest BCUT2D eigenvalue weighted by Crippen LogP contribution is -1.89. The molecule has 0 fully saturated rings. The minimum Gasteiger partial charge on any atom is -0.494 e. The number of thiazole rings is 1. The van der Waals surface area contributed by atoms with Gasteiger partial charge in [0.2, 0.25) is 5.88 Å². The summed E-state index contributed by atoms with van der Waals surface area (Å²) in [6.07, 6.45) is 35.0. The third-order valence-electron chi connectivity index (χ3n) is 4.07. The lowest BCUT2D eigenvalue weighted by atomic mass is 10.2. The minimum absolute atomic E-state index is 0.0303. The number of rotatable bonds is 15. The first kappa shape index (κ1) is 24.7. The van der Waals surface area contributed by atoms with Gasteiger partial charge in [0.15, 0.2) is 0 Å². The van der Waals surface area contributed by atoms with Crippen LogP contribution >= 0.6 is 11.3 Å². The molecule has 29 heavy (non-hydrogen) atoms. The molecule has 0 saturated carbocycles. The Morgan fingerprint density at radius 3 is 1.62 bits per heavy atom. The zero-order valence-electron chi connectivity index (χ0n) is 17.6. The van der Waals surface area contributed by atoms with Gasteiger partial charge in [-0.05, 0) is 57.8 Å². The van der Waals surface area contributed by atoms with Gasteiger partial charge in [-0.25, -0.2) is 0 Å². The third kappa shape index (κ3) is 14.3. The molecule has 2 N–H and O–H groups in total. The first-order valence-corrected chi connectivity index (χ1v) is 11.4. The van der Waals surface area contributed by atoms with Gasteiger partial charge in [0.1, 0.15) is 0 Å². The van der Waals surface area contributed by atoms with Gasteiger partial charge in [-0.15, -0.1) is 0 Å².